The maximum absolute atomic E-state index is 11.4. The molecule has 1 aromatic heterocycles. The van der Waals surface area contributed by atoms with Crippen LogP contribution in [0.25, 0.3) is 0 Å². The predicted octanol–water partition coefficient (Wildman–Crippen LogP) is 1.45. The predicted molar refractivity (Wildman–Crippen MR) is 78.8 cm³/mol. The fraction of sp³-hybridized carbons (Fsp3) is 0.733. The van der Waals surface area contributed by atoms with Crippen molar-refractivity contribution in [3.8, 4) is 0 Å². The molecule has 0 aromatic carbocycles. The van der Waals surface area contributed by atoms with Gasteiger partial charge in [-0.25, -0.2) is 0 Å². The second-order valence-corrected chi connectivity index (χ2v) is 5.40. The van der Waals surface area contributed by atoms with Crippen LogP contribution >= 0.6 is 0 Å². The van der Waals surface area contributed by atoms with Crippen LogP contribution in [0, 0.1) is 0 Å². The van der Waals surface area contributed by atoms with Crippen LogP contribution < -0.4 is 0 Å². The van der Waals surface area contributed by atoms with Gasteiger partial charge in [-0.1, -0.05) is 0 Å². The molecule has 1 saturated heterocycles. The smallest absolute Gasteiger partial charge is 0.306 e. The van der Waals surface area contributed by atoms with Gasteiger partial charge >= 0.3 is 5.97 Å². The van der Waals surface area contributed by atoms with Crippen LogP contribution in [0.2, 0.25) is 0 Å². The van der Waals surface area contributed by atoms with E-state index >= 15 is 0 Å². The van der Waals surface area contributed by atoms with E-state index in [1.165, 1.54) is 12.7 Å². The maximum atomic E-state index is 11.4. The Kier molecular flexibility index (Phi) is 6.20. The number of nitrogens with zero attached hydrogens (tertiary/aromatic N) is 3. The highest BCUT2D eigenvalue weighted by Crippen LogP contribution is 2.15. The van der Waals surface area contributed by atoms with Gasteiger partial charge in [-0.05, 0) is 19.8 Å². The summed E-state index contributed by atoms with van der Waals surface area (Å²) >= 11 is 0. The van der Waals surface area contributed by atoms with Crippen LogP contribution in [0.4, 0.5) is 0 Å². The van der Waals surface area contributed by atoms with E-state index in [2.05, 4.69) is 23.1 Å². The van der Waals surface area contributed by atoms with Crippen LogP contribution in [-0.4, -0.2) is 53.6 Å². The van der Waals surface area contributed by atoms with Crippen LogP contribution in [0.15, 0.2) is 12.4 Å². The van der Waals surface area contributed by atoms with Crippen molar-refractivity contribution in [2.75, 3.05) is 26.8 Å². The molecular formula is C15H25N3O3. The Bertz CT molecular complexity index is 441. The van der Waals surface area contributed by atoms with Gasteiger partial charge in [0.25, 0.3) is 0 Å². The quantitative estimate of drug-likeness (QED) is 0.679. The molecule has 1 atom stereocenters. The number of hydrogen-bond acceptors (Lipinski definition) is 5. The molecule has 21 heavy (non-hydrogen) atoms. The Morgan fingerprint density at radius 1 is 1.62 bits per heavy atom. The fourth-order valence-corrected chi connectivity index (χ4v) is 2.58. The molecule has 6 heteroatoms. The summed E-state index contributed by atoms with van der Waals surface area (Å²) in [7, 11) is 1.43. The normalized spacial score (nSPS) is 18.3. The zero-order valence-electron chi connectivity index (χ0n) is 13.0. The number of methoxy groups -OCH3 is 1. The molecule has 1 fully saturated rings. The van der Waals surface area contributed by atoms with E-state index < -0.39 is 0 Å². The number of ether oxygens (including phenoxy) is 2. The third kappa shape index (κ3) is 5.13. The highest BCUT2D eigenvalue weighted by Gasteiger charge is 2.20. The summed E-state index contributed by atoms with van der Waals surface area (Å²) in [4.78, 5) is 13.6. The molecule has 1 unspecified atom stereocenters. The minimum absolute atomic E-state index is 0.170. The molecule has 1 aromatic rings. The third-order valence-corrected chi connectivity index (χ3v) is 3.76. The highest BCUT2D eigenvalue weighted by atomic mass is 16.5. The summed E-state index contributed by atoms with van der Waals surface area (Å²) in [5.41, 5.74) is 1.17. The topological polar surface area (TPSA) is 56.6 Å². The lowest BCUT2D eigenvalue weighted by Crippen LogP contribution is -2.33. The van der Waals surface area contributed by atoms with Crippen molar-refractivity contribution in [3.05, 3.63) is 18.0 Å². The van der Waals surface area contributed by atoms with E-state index in [0.717, 1.165) is 39.1 Å². The van der Waals surface area contributed by atoms with Gasteiger partial charge in [0.05, 0.1) is 25.8 Å². The Labute approximate surface area is 126 Å². The molecule has 0 amide bonds. The first-order valence-electron chi connectivity index (χ1n) is 7.63. The summed E-state index contributed by atoms with van der Waals surface area (Å²) < 4.78 is 12.3. The minimum Gasteiger partial charge on any atom is -0.469 e. The second-order valence-electron chi connectivity index (χ2n) is 5.40. The van der Waals surface area contributed by atoms with Crippen LogP contribution in [0.3, 0.4) is 0 Å². The molecule has 2 rings (SSSR count). The van der Waals surface area contributed by atoms with Crippen LogP contribution in [0.1, 0.15) is 31.7 Å². The van der Waals surface area contributed by atoms with Crippen molar-refractivity contribution in [1.29, 1.82) is 0 Å². The summed E-state index contributed by atoms with van der Waals surface area (Å²) in [6, 6.07) is 0. The second kappa shape index (κ2) is 8.14. The lowest BCUT2D eigenvalue weighted by atomic mass is 10.2. The lowest BCUT2D eigenvalue weighted by Gasteiger charge is -2.24. The molecule has 6 nitrogen and oxygen atoms in total. The first kappa shape index (κ1) is 16.0. The molecular weight excluding hydrogens is 270 g/mol. The van der Waals surface area contributed by atoms with Gasteiger partial charge < -0.3 is 9.47 Å². The van der Waals surface area contributed by atoms with Gasteiger partial charge in [0, 0.05) is 44.5 Å². The SMILES string of the molecule is CCn1cc(CN(CCC(=O)OC)CC2CCCO2)cn1. The average Bonchev–Trinajstić information content (AvgIpc) is 3.15. The van der Waals surface area contributed by atoms with Crippen molar-refractivity contribution >= 4 is 5.97 Å². The Hall–Kier alpha value is -1.40. The molecule has 1 aliphatic heterocycles. The fourth-order valence-electron chi connectivity index (χ4n) is 2.58. The molecule has 0 radical (unpaired) electrons. The summed E-state index contributed by atoms with van der Waals surface area (Å²) in [6.45, 7) is 6.12. The number of esters is 1. The number of carbonyl (C=O) groups is 1. The number of aryl methyl sites for hydroxylation is 1. The molecule has 118 valence electrons. The summed E-state index contributed by atoms with van der Waals surface area (Å²) in [5.74, 6) is -0.170. The number of aromatic nitrogens is 2. The third-order valence-electron chi connectivity index (χ3n) is 3.76. The summed E-state index contributed by atoms with van der Waals surface area (Å²) in [6.07, 6.45) is 6.87. The standard InChI is InChI=1S/C15H25N3O3/c1-3-18-11-13(9-16-18)10-17(7-6-15(19)20-2)12-14-5-4-8-21-14/h9,11,14H,3-8,10,12H2,1-2H3. The molecule has 1 aliphatic rings. The first-order valence-corrected chi connectivity index (χ1v) is 7.63. The number of carbonyl (C=O) groups excluding carboxylic acids is 1. The molecule has 2 heterocycles. The van der Waals surface area contributed by atoms with Gasteiger partial charge in [0.2, 0.25) is 0 Å². The van der Waals surface area contributed by atoms with E-state index in [-0.39, 0.29) is 12.1 Å². The first-order chi connectivity index (χ1) is 10.2. The monoisotopic (exact) mass is 295 g/mol. The van der Waals surface area contributed by atoms with Gasteiger partial charge in [0.15, 0.2) is 0 Å². The van der Waals surface area contributed by atoms with E-state index in [1.807, 2.05) is 10.9 Å². The minimum atomic E-state index is -0.170. The van der Waals surface area contributed by atoms with Gasteiger partial charge in [-0.3, -0.25) is 14.4 Å². The van der Waals surface area contributed by atoms with Crippen LogP contribution in [-0.2, 0) is 27.4 Å². The average molecular weight is 295 g/mol. The van der Waals surface area contributed by atoms with Gasteiger partial charge in [-0.15, -0.1) is 0 Å². The molecule has 0 N–H and O–H groups in total. The largest absolute Gasteiger partial charge is 0.469 e. The molecule has 0 aliphatic carbocycles. The number of rotatable bonds is 8. The van der Waals surface area contributed by atoms with Crippen molar-refractivity contribution in [1.82, 2.24) is 14.7 Å². The van der Waals surface area contributed by atoms with Gasteiger partial charge in [0.1, 0.15) is 0 Å². The maximum Gasteiger partial charge on any atom is 0.306 e. The lowest BCUT2D eigenvalue weighted by molar-refractivity contribution is -0.141. The summed E-state index contributed by atoms with van der Waals surface area (Å²) in [5, 5.41) is 4.30. The van der Waals surface area contributed by atoms with E-state index in [0.29, 0.717) is 13.0 Å². The van der Waals surface area contributed by atoms with Crippen molar-refractivity contribution in [3.63, 3.8) is 0 Å². The van der Waals surface area contributed by atoms with Gasteiger partial charge in [-0.2, -0.15) is 5.10 Å². The van der Waals surface area contributed by atoms with E-state index in [1.54, 1.807) is 0 Å². The van der Waals surface area contributed by atoms with Crippen LogP contribution in [0.5, 0.6) is 0 Å². The van der Waals surface area contributed by atoms with Crippen molar-refractivity contribution in [2.45, 2.75) is 45.4 Å². The molecule has 0 spiro atoms. The zero-order chi connectivity index (χ0) is 15.1. The molecule has 0 saturated carbocycles. The van der Waals surface area contributed by atoms with Crippen molar-refractivity contribution in [2.24, 2.45) is 0 Å². The highest BCUT2D eigenvalue weighted by molar-refractivity contribution is 5.69. The Morgan fingerprint density at radius 2 is 2.48 bits per heavy atom. The number of hydrogen-bond donors (Lipinski definition) is 0. The Balaban J connectivity index is 1.90. The zero-order valence-corrected chi connectivity index (χ0v) is 13.0. The Morgan fingerprint density at radius 3 is 3.10 bits per heavy atom. The van der Waals surface area contributed by atoms with E-state index in [4.69, 9.17) is 9.47 Å². The molecule has 0 bridgehead atoms. The van der Waals surface area contributed by atoms with E-state index in [9.17, 15) is 4.79 Å². The van der Waals surface area contributed by atoms with Crippen molar-refractivity contribution < 1.29 is 14.3 Å².